The van der Waals surface area contributed by atoms with Crippen LogP contribution in [0.4, 0.5) is 10.5 Å². The largest absolute Gasteiger partial charge is 0.481 e. The molecule has 0 radical (unpaired) electrons. The molecule has 3 N–H and O–H groups in total. The Labute approximate surface area is 118 Å². The fourth-order valence-electron chi connectivity index (χ4n) is 2.20. The predicted octanol–water partition coefficient (Wildman–Crippen LogP) is 2.63. The molecule has 1 aliphatic carbocycles. The molecule has 0 bridgehead atoms. The summed E-state index contributed by atoms with van der Waals surface area (Å²) >= 11 is 0. The number of rotatable bonds is 6. The van der Waals surface area contributed by atoms with E-state index < -0.39 is 5.97 Å². The average Bonchev–Trinajstić information content (AvgIpc) is 2.35. The summed E-state index contributed by atoms with van der Waals surface area (Å²) in [5.74, 6) is -0.225. The first-order valence-corrected chi connectivity index (χ1v) is 6.99. The van der Waals surface area contributed by atoms with E-state index in [2.05, 4.69) is 10.6 Å². The van der Waals surface area contributed by atoms with Crippen molar-refractivity contribution >= 4 is 17.7 Å². The Bertz CT molecular complexity index is 484. The van der Waals surface area contributed by atoms with E-state index in [-0.39, 0.29) is 12.5 Å². The van der Waals surface area contributed by atoms with Crippen LogP contribution in [0.15, 0.2) is 24.3 Å². The molecular formula is C15H20N2O3. The van der Waals surface area contributed by atoms with Gasteiger partial charge in [-0.05, 0) is 36.8 Å². The molecule has 0 saturated heterocycles. The zero-order valence-corrected chi connectivity index (χ0v) is 11.4. The van der Waals surface area contributed by atoms with Gasteiger partial charge in [-0.15, -0.1) is 0 Å². The van der Waals surface area contributed by atoms with E-state index in [1.807, 2.05) is 18.2 Å². The van der Waals surface area contributed by atoms with Gasteiger partial charge in [-0.3, -0.25) is 4.79 Å². The van der Waals surface area contributed by atoms with Gasteiger partial charge in [-0.2, -0.15) is 0 Å². The number of carbonyl (C=O) groups is 2. The lowest BCUT2D eigenvalue weighted by molar-refractivity contribution is -0.136. The van der Waals surface area contributed by atoms with Crippen LogP contribution >= 0.6 is 0 Å². The van der Waals surface area contributed by atoms with Crippen LogP contribution in [0.2, 0.25) is 0 Å². The number of carbonyl (C=O) groups excluding carboxylic acids is 1. The number of para-hydroxylation sites is 1. The Morgan fingerprint density at radius 1 is 1.25 bits per heavy atom. The van der Waals surface area contributed by atoms with E-state index in [0.717, 1.165) is 5.56 Å². The van der Waals surface area contributed by atoms with Crippen LogP contribution in [0.3, 0.4) is 0 Å². The normalized spacial score (nSPS) is 14.4. The summed E-state index contributed by atoms with van der Waals surface area (Å²) in [5, 5.41) is 14.4. The molecule has 0 heterocycles. The zero-order valence-electron chi connectivity index (χ0n) is 11.4. The molecular weight excluding hydrogens is 256 g/mol. The summed E-state index contributed by atoms with van der Waals surface area (Å²) in [5.41, 5.74) is 1.52. The van der Waals surface area contributed by atoms with Crippen molar-refractivity contribution < 1.29 is 14.7 Å². The molecule has 108 valence electrons. The molecule has 1 saturated carbocycles. The fraction of sp³-hybridized carbons (Fsp3) is 0.467. The summed E-state index contributed by atoms with van der Waals surface area (Å²) in [6.45, 7) is 0.711. The van der Waals surface area contributed by atoms with Gasteiger partial charge in [0.15, 0.2) is 0 Å². The zero-order chi connectivity index (χ0) is 14.4. The highest BCUT2D eigenvalue weighted by Crippen LogP contribution is 2.25. The Kier molecular flexibility index (Phi) is 4.98. The van der Waals surface area contributed by atoms with E-state index in [1.54, 1.807) is 6.07 Å². The summed E-state index contributed by atoms with van der Waals surface area (Å²) in [4.78, 5) is 22.4. The maximum absolute atomic E-state index is 11.8. The minimum atomic E-state index is -0.839. The number of nitrogens with one attached hydrogen (secondary N) is 2. The van der Waals surface area contributed by atoms with Crippen molar-refractivity contribution in [1.82, 2.24) is 5.32 Å². The SMILES string of the molecule is O=C(O)CCc1ccccc1NC(=O)NCC1CCC1. The van der Waals surface area contributed by atoms with Crippen molar-refractivity contribution in [2.45, 2.75) is 32.1 Å². The van der Waals surface area contributed by atoms with Crippen molar-refractivity contribution in [3.63, 3.8) is 0 Å². The molecule has 1 aromatic rings. The van der Waals surface area contributed by atoms with Crippen LogP contribution in [0.1, 0.15) is 31.2 Å². The number of anilines is 1. The molecule has 5 nitrogen and oxygen atoms in total. The second-order valence-electron chi connectivity index (χ2n) is 5.18. The van der Waals surface area contributed by atoms with Crippen LogP contribution in [0, 0.1) is 5.92 Å². The van der Waals surface area contributed by atoms with Gasteiger partial charge in [0.2, 0.25) is 0 Å². The summed E-state index contributed by atoms with van der Waals surface area (Å²) in [6.07, 6.45) is 4.10. The van der Waals surface area contributed by atoms with Crippen molar-refractivity contribution in [2.75, 3.05) is 11.9 Å². The fourth-order valence-corrected chi connectivity index (χ4v) is 2.20. The molecule has 0 atom stereocenters. The van der Waals surface area contributed by atoms with Crippen molar-refractivity contribution in [3.05, 3.63) is 29.8 Å². The Balaban J connectivity index is 1.86. The Morgan fingerprint density at radius 3 is 2.65 bits per heavy atom. The number of hydrogen-bond acceptors (Lipinski definition) is 2. The topological polar surface area (TPSA) is 78.4 Å². The van der Waals surface area contributed by atoms with Gasteiger partial charge in [-0.1, -0.05) is 24.6 Å². The molecule has 2 rings (SSSR count). The maximum Gasteiger partial charge on any atom is 0.319 e. The molecule has 0 unspecified atom stereocenters. The highest BCUT2D eigenvalue weighted by atomic mass is 16.4. The first-order chi connectivity index (χ1) is 9.65. The molecule has 5 heteroatoms. The lowest BCUT2D eigenvalue weighted by Gasteiger charge is -2.25. The third-order valence-corrected chi connectivity index (χ3v) is 3.65. The third-order valence-electron chi connectivity index (χ3n) is 3.65. The molecule has 1 aromatic carbocycles. The van der Waals surface area contributed by atoms with Gasteiger partial charge in [0.25, 0.3) is 0 Å². The predicted molar refractivity (Wildman–Crippen MR) is 76.8 cm³/mol. The van der Waals surface area contributed by atoms with Gasteiger partial charge in [0, 0.05) is 18.7 Å². The van der Waals surface area contributed by atoms with E-state index in [4.69, 9.17) is 5.11 Å². The number of aryl methyl sites for hydroxylation is 1. The standard InChI is InChI=1S/C15H20N2O3/c18-14(19)9-8-12-6-1-2-7-13(12)17-15(20)16-10-11-4-3-5-11/h1-2,6-7,11H,3-5,8-10H2,(H,18,19)(H2,16,17,20). The van der Waals surface area contributed by atoms with Gasteiger partial charge < -0.3 is 15.7 Å². The summed E-state index contributed by atoms with van der Waals surface area (Å²) in [6, 6.07) is 7.07. The average molecular weight is 276 g/mol. The van der Waals surface area contributed by atoms with Crippen LogP contribution < -0.4 is 10.6 Å². The van der Waals surface area contributed by atoms with E-state index in [0.29, 0.717) is 24.6 Å². The molecule has 0 aliphatic heterocycles. The highest BCUT2D eigenvalue weighted by molar-refractivity contribution is 5.90. The number of hydrogen-bond donors (Lipinski definition) is 3. The minimum Gasteiger partial charge on any atom is -0.481 e. The van der Waals surface area contributed by atoms with Gasteiger partial charge in [0.05, 0.1) is 0 Å². The van der Waals surface area contributed by atoms with Crippen LogP contribution in [0.25, 0.3) is 0 Å². The van der Waals surface area contributed by atoms with Gasteiger partial charge in [-0.25, -0.2) is 4.79 Å². The maximum atomic E-state index is 11.8. The quantitative estimate of drug-likeness (QED) is 0.747. The first kappa shape index (κ1) is 14.4. The number of urea groups is 1. The van der Waals surface area contributed by atoms with Gasteiger partial charge >= 0.3 is 12.0 Å². The number of carboxylic acids is 1. The van der Waals surface area contributed by atoms with Gasteiger partial charge in [0.1, 0.15) is 0 Å². The van der Waals surface area contributed by atoms with Crippen LogP contribution in [-0.2, 0) is 11.2 Å². The number of benzene rings is 1. The number of carboxylic acid groups (broad SMARTS) is 1. The van der Waals surface area contributed by atoms with Crippen LogP contribution in [-0.4, -0.2) is 23.7 Å². The van der Waals surface area contributed by atoms with Crippen molar-refractivity contribution in [1.29, 1.82) is 0 Å². The molecule has 0 aromatic heterocycles. The molecule has 1 fully saturated rings. The van der Waals surface area contributed by atoms with E-state index in [1.165, 1.54) is 19.3 Å². The lowest BCUT2D eigenvalue weighted by atomic mass is 9.85. The van der Waals surface area contributed by atoms with E-state index in [9.17, 15) is 9.59 Å². The van der Waals surface area contributed by atoms with Crippen molar-refractivity contribution in [2.24, 2.45) is 5.92 Å². The summed E-state index contributed by atoms with van der Waals surface area (Å²) < 4.78 is 0. The molecule has 0 spiro atoms. The third kappa shape index (κ3) is 4.26. The summed E-state index contributed by atoms with van der Waals surface area (Å²) in [7, 11) is 0. The highest BCUT2D eigenvalue weighted by Gasteiger charge is 2.18. The smallest absolute Gasteiger partial charge is 0.319 e. The number of amides is 2. The monoisotopic (exact) mass is 276 g/mol. The van der Waals surface area contributed by atoms with Crippen molar-refractivity contribution in [3.8, 4) is 0 Å². The molecule has 1 aliphatic rings. The number of aliphatic carboxylic acids is 1. The Hall–Kier alpha value is -2.04. The van der Waals surface area contributed by atoms with E-state index >= 15 is 0 Å². The second kappa shape index (κ2) is 6.93. The minimum absolute atomic E-state index is 0.0579. The molecule has 2 amide bonds. The van der Waals surface area contributed by atoms with Crippen LogP contribution in [0.5, 0.6) is 0 Å². The Morgan fingerprint density at radius 2 is 2.00 bits per heavy atom. The lowest BCUT2D eigenvalue weighted by Crippen LogP contribution is -2.35. The molecule has 20 heavy (non-hydrogen) atoms. The second-order valence-corrected chi connectivity index (χ2v) is 5.18. The first-order valence-electron chi connectivity index (χ1n) is 6.99.